The van der Waals surface area contributed by atoms with Crippen molar-refractivity contribution in [3.05, 3.63) is 29.8 Å². The number of carbonyl (C=O) groups is 2. The number of hydrogen-bond donors (Lipinski definition) is 2. The minimum atomic E-state index is -0.0887. The average molecular weight is 429 g/mol. The monoisotopic (exact) mass is 428 g/mol. The Hall–Kier alpha value is -2.28. The third-order valence-electron chi connectivity index (χ3n) is 6.87. The van der Waals surface area contributed by atoms with E-state index in [1.165, 1.54) is 31.2 Å². The summed E-state index contributed by atoms with van der Waals surface area (Å²) in [6.07, 6.45) is 6.60. The number of nitrogens with zero attached hydrogens (tertiary/aromatic N) is 2. The van der Waals surface area contributed by atoms with E-state index in [1.54, 1.807) is 7.11 Å². The largest absolute Gasteiger partial charge is 0.497 e. The maximum absolute atomic E-state index is 12.9. The van der Waals surface area contributed by atoms with Crippen LogP contribution in [0.25, 0.3) is 0 Å². The highest BCUT2D eigenvalue weighted by Crippen LogP contribution is 2.28. The molecule has 0 radical (unpaired) electrons. The van der Waals surface area contributed by atoms with Gasteiger partial charge in [0.25, 0.3) is 0 Å². The van der Waals surface area contributed by atoms with Crippen LogP contribution in [0.3, 0.4) is 0 Å². The number of benzene rings is 1. The Kier molecular flexibility index (Phi) is 7.33. The number of rotatable bonds is 8. The minimum Gasteiger partial charge on any atom is -0.497 e. The third kappa shape index (κ3) is 5.91. The molecule has 170 valence electrons. The molecule has 0 bridgehead atoms. The lowest BCUT2D eigenvalue weighted by Gasteiger charge is -2.33. The van der Waals surface area contributed by atoms with Gasteiger partial charge in [-0.1, -0.05) is 12.1 Å². The molecule has 2 aliphatic heterocycles. The summed E-state index contributed by atoms with van der Waals surface area (Å²) in [5.74, 6) is 1.53. The minimum absolute atomic E-state index is 0.0580. The predicted molar refractivity (Wildman–Crippen MR) is 120 cm³/mol. The quantitative estimate of drug-likeness (QED) is 0.668. The van der Waals surface area contributed by atoms with Crippen molar-refractivity contribution in [2.45, 2.75) is 44.6 Å². The van der Waals surface area contributed by atoms with Crippen LogP contribution in [0.5, 0.6) is 5.75 Å². The van der Waals surface area contributed by atoms with E-state index in [0.29, 0.717) is 19.0 Å². The van der Waals surface area contributed by atoms with Gasteiger partial charge in [0.05, 0.1) is 19.1 Å². The Morgan fingerprint density at radius 2 is 1.77 bits per heavy atom. The second-order valence-electron chi connectivity index (χ2n) is 9.19. The van der Waals surface area contributed by atoms with Crippen molar-refractivity contribution in [3.63, 3.8) is 0 Å². The number of hydrogen-bond acceptors (Lipinski definition) is 4. The lowest BCUT2D eigenvalue weighted by molar-refractivity contribution is -0.126. The zero-order chi connectivity index (χ0) is 21.6. The molecule has 2 N–H and O–H groups in total. The average Bonchev–Trinajstić information content (AvgIpc) is 3.49. The summed E-state index contributed by atoms with van der Waals surface area (Å²) in [4.78, 5) is 29.7. The van der Waals surface area contributed by atoms with E-state index >= 15 is 0 Å². The van der Waals surface area contributed by atoms with Gasteiger partial charge in [0.1, 0.15) is 5.75 Å². The molecule has 2 atom stereocenters. The molecule has 3 fully saturated rings. The number of likely N-dealkylation sites (tertiary alicyclic amines) is 2. The van der Waals surface area contributed by atoms with Crippen LogP contribution in [0.15, 0.2) is 24.3 Å². The van der Waals surface area contributed by atoms with Crippen molar-refractivity contribution >= 4 is 11.9 Å². The van der Waals surface area contributed by atoms with Gasteiger partial charge in [-0.15, -0.1) is 0 Å². The first-order valence-corrected chi connectivity index (χ1v) is 11.8. The number of methoxy groups -OCH3 is 1. The second-order valence-corrected chi connectivity index (χ2v) is 9.19. The van der Waals surface area contributed by atoms with E-state index in [2.05, 4.69) is 27.7 Å². The second kappa shape index (κ2) is 10.4. The Labute approximate surface area is 185 Å². The Morgan fingerprint density at radius 3 is 2.45 bits per heavy atom. The molecule has 2 unspecified atom stereocenters. The van der Waals surface area contributed by atoms with Crippen LogP contribution >= 0.6 is 0 Å². The summed E-state index contributed by atoms with van der Waals surface area (Å²) in [6.45, 7) is 4.70. The van der Waals surface area contributed by atoms with E-state index < -0.39 is 0 Å². The molecular weight excluding hydrogens is 392 g/mol. The summed E-state index contributed by atoms with van der Waals surface area (Å²) in [5.41, 5.74) is 1.19. The van der Waals surface area contributed by atoms with Gasteiger partial charge in [-0.25, -0.2) is 4.79 Å². The summed E-state index contributed by atoms with van der Waals surface area (Å²) in [6, 6.07) is 8.24. The van der Waals surface area contributed by atoms with Crippen molar-refractivity contribution in [1.82, 2.24) is 20.4 Å². The van der Waals surface area contributed by atoms with Crippen LogP contribution in [0.4, 0.5) is 4.79 Å². The highest BCUT2D eigenvalue weighted by Gasteiger charge is 2.31. The molecule has 1 aromatic rings. The van der Waals surface area contributed by atoms with Gasteiger partial charge in [-0.2, -0.15) is 0 Å². The van der Waals surface area contributed by atoms with Gasteiger partial charge < -0.3 is 20.3 Å². The van der Waals surface area contributed by atoms with Crippen LogP contribution in [-0.2, 0) is 4.79 Å². The standard InChI is InChI=1S/C24H36N4O3/c1-31-21-10-8-19(9-11-21)22(27-12-2-3-13-27)16-26-24(30)28-14-4-5-20(17-28)23(29)25-15-18-6-7-18/h8-11,18,20,22H,2-7,12-17H2,1H3,(H,25,29)(H,26,30). The van der Waals surface area contributed by atoms with Gasteiger partial charge in [0.2, 0.25) is 5.91 Å². The maximum Gasteiger partial charge on any atom is 0.317 e. The highest BCUT2D eigenvalue weighted by molar-refractivity contribution is 5.80. The van der Waals surface area contributed by atoms with Crippen molar-refractivity contribution in [3.8, 4) is 5.75 Å². The molecule has 1 aromatic carbocycles. The third-order valence-corrected chi connectivity index (χ3v) is 6.87. The number of nitrogens with one attached hydrogen (secondary N) is 2. The summed E-state index contributed by atoms with van der Waals surface area (Å²) in [5, 5.41) is 6.24. The number of carbonyl (C=O) groups excluding carboxylic acids is 2. The lowest BCUT2D eigenvalue weighted by atomic mass is 9.97. The molecule has 2 saturated heterocycles. The first-order valence-electron chi connectivity index (χ1n) is 11.8. The van der Waals surface area contributed by atoms with Crippen LogP contribution in [0.1, 0.15) is 50.1 Å². The van der Waals surface area contributed by atoms with E-state index in [-0.39, 0.29) is 23.9 Å². The van der Waals surface area contributed by atoms with Gasteiger partial charge in [0.15, 0.2) is 0 Å². The zero-order valence-electron chi connectivity index (χ0n) is 18.6. The lowest BCUT2D eigenvalue weighted by Crippen LogP contribution is -2.50. The van der Waals surface area contributed by atoms with Crippen LogP contribution < -0.4 is 15.4 Å². The highest BCUT2D eigenvalue weighted by atomic mass is 16.5. The van der Waals surface area contributed by atoms with Crippen molar-refractivity contribution in [2.24, 2.45) is 11.8 Å². The SMILES string of the molecule is COc1ccc(C(CNC(=O)N2CCCC(C(=O)NCC3CC3)C2)N2CCCC2)cc1. The maximum atomic E-state index is 12.9. The topological polar surface area (TPSA) is 73.9 Å². The van der Waals surface area contributed by atoms with Crippen LogP contribution in [0, 0.1) is 11.8 Å². The fraction of sp³-hybridized carbons (Fsp3) is 0.667. The molecule has 1 saturated carbocycles. The number of amides is 3. The summed E-state index contributed by atoms with van der Waals surface area (Å²) >= 11 is 0. The van der Waals surface area contributed by atoms with Gasteiger partial charge >= 0.3 is 6.03 Å². The zero-order valence-corrected chi connectivity index (χ0v) is 18.6. The normalized spacial score (nSPS) is 22.7. The fourth-order valence-corrected chi connectivity index (χ4v) is 4.72. The van der Waals surface area contributed by atoms with E-state index in [1.807, 2.05) is 17.0 Å². The van der Waals surface area contributed by atoms with Gasteiger partial charge in [-0.3, -0.25) is 9.69 Å². The molecule has 7 nitrogen and oxygen atoms in total. The first-order chi connectivity index (χ1) is 15.1. The van der Waals surface area contributed by atoms with Gasteiger partial charge in [0, 0.05) is 26.2 Å². The molecule has 4 rings (SSSR count). The molecule has 7 heteroatoms. The molecule has 31 heavy (non-hydrogen) atoms. The Balaban J connectivity index is 1.32. The summed E-state index contributed by atoms with van der Waals surface area (Å²) < 4.78 is 5.29. The number of ether oxygens (including phenoxy) is 1. The molecule has 1 aliphatic carbocycles. The predicted octanol–water partition coefficient (Wildman–Crippen LogP) is 2.78. The van der Waals surface area contributed by atoms with E-state index in [4.69, 9.17) is 4.74 Å². The molecule has 0 aromatic heterocycles. The molecule has 2 heterocycles. The number of urea groups is 1. The van der Waals surface area contributed by atoms with E-state index in [9.17, 15) is 9.59 Å². The van der Waals surface area contributed by atoms with Gasteiger partial charge in [-0.05, 0) is 75.2 Å². The Bertz CT molecular complexity index is 744. The van der Waals surface area contributed by atoms with Crippen LogP contribution in [-0.4, -0.2) is 68.1 Å². The van der Waals surface area contributed by atoms with Crippen molar-refractivity contribution in [2.75, 3.05) is 46.4 Å². The smallest absolute Gasteiger partial charge is 0.317 e. The molecular formula is C24H36N4O3. The first kappa shape index (κ1) is 21.9. The van der Waals surface area contributed by atoms with Crippen molar-refractivity contribution < 1.29 is 14.3 Å². The molecule has 3 amide bonds. The molecule has 3 aliphatic rings. The Morgan fingerprint density at radius 1 is 1.03 bits per heavy atom. The van der Waals surface area contributed by atoms with Crippen LogP contribution in [0.2, 0.25) is 0 Å². The number of piperidine rings is 1. The van der Waals surface area contributed by atoms with E-state index in [0.717, 1.165) is 44.8 Å². The van der Waals surface area contributed by atoms with Crippen molar-refractivity contribution in [1.29, 1.82) is 0 Å². The molecule has 0 spiro atoms. The fourth-order valence-electron chi connectivity index (χ4n) is 4.72. The summed E-state index contributed by atoms with van der Waals surface area (Å²) in [7, 11) is 1.67.